The van der Waals surface area contributed by atoms with E-state index in [1.807, 2.05) is 6.20 Å². The van der Waals surface area contributed by atoms with Gasteiger partial charge in [-0.25, -0.2) is 9.97 Å². The second-order valence-electron chi connectivity index (χ2n) is 4.79. The zero-order chi connectivity index (χ0) is 13.9. The molecule has 1 N–H and O–H groups in total. The van der Waals surface area contributed by atoms with Crippen LogP contribution in [0, 0.1) is 0 Å². The Morgan fingerprint density at radius 1 is 1.40 bits per heavy atom. The van der Waals surface area contributed by atoms with Gasteiger partial charge in [-0.15, -0.1) is 0 Å². The third-order valence-corrected chi connectivity index (χ3v) is 3.92. The van der Waals surface area contributed by atoms with Gasteiger partial charge in [0.25, 0.3) is 0 Å². The molecule has 0 amide bonds. The zero-order valence-corrected chi connectivity index (χ0v) is 12.5. The van der Waals surface area contributed by atoms with Gasteiger partial charge in [0.05, 0.1) is 18.3 Å². The maximum atomic E-state index is 9.20. The molecule has 1 aliphatic heterocycles. The molecule has 5 nitrogen and oxygen atoms in total. The smallest absolute Gasteiger partial charge is 0.226 e. The minimum atomic E-state index is -0.0630. The second kappa shape index (κ2) is 5.85. The van der Waals surface area contributed by atoms with Crippen molar-refractivity contribution in [2.45, 2.75) is 25.5 Å². The molecule has 6 heteroatoms. The Morgan fingerprint density at radius 2 is 2.30 bits per heavy atom. The summed E-state index contributed by atoms with van der Waals surface area (Å²) >= 11 is 3.46. The van der Waals surface area contributed by atoms with Crippen molar-refractivity contribution in [3.05, 3.63) is 46.5 Å². The zero-order valence-electron chi connectivity index (χ0n) is 10.9. The van der Waals surface area contributed by atoms with Crippen molar-refractivity contribution < 1.29 is 5.11 Å². The van der Waals surface area contributed by atoms with Crippen molar-refractivity contribution in [1.82, 2.24) is 15.0 Å². The van der Waals surface area contributed by atoms with E-state index in [4.69, 9.17) is 0 Å². The van der Waals surface area contributed by atoms with Crippen LogP contribution in [0.5, 0.6) is 0 Å². The fourth-order valence-electron chi connectivity index (χ4n) is 2.57. The predicted octanol–water partition coefficient (Wildman–Crippen LogP) is 2.47. The third-order valence-electron chi connectivity index (χ3n) is 3.48. The van der Waals surface area contributed by atoms with Crippen LogP contribution in [-0.4, -0.2) is 26.6 Å². The molecule has 104 valence electrons. The highest BCUT2D eigenvalue weighted by molar-refractivity contribution is 9.10. The molecule has 3 heterocycles. The van der Waals surface area contributed by atoms with Gasteiger partial charge in [-0.2, -0.15) is 0 Å². The topological polar surface area (TPSA) is 62.1 Å². The van der Waals surface area contributed by atoms with Crippen molar-refractivity contribution in [2.75, 3.05) is 11.4 Å². The number of nitrogens with zero attached hydrogens (tertiary/aromatic N) is 4. The Kier molecular flexibility index (Phi) is 3.93. The van der Waals surface area contributed by atoms with Crippen LogP contribution in [0.3, 0.4) is 0 Å². The number of hydrogen-bond acceptors (Lipinski definition) is 5. The quantitative estimate of drug-likeness (QED) is 0.934. The van der Waals surface area contributed by atoms with Crippen LogP contribution in [-0.2, 0) is 6.61 Å². The van der Waals surface area contributed by atoms with Crippen LogP contribution >= 0.6 is 15.9 Å². The van der Waals surface area contributed by atoms with E-state index in [1.165, 1.54) is 0 Å². The highest BCUT2D eigenvalue weighted by atomic mass is 79.9. The summed E-state index contributed by atoms with van der Waals surface area (Å²) in [6.45, 7) is 0.860. The highest BCUT2D eigenvalue weighted by Crippen LogP contribution is 2.34. The van der Waals surface area contributed by atoms with E-state index in [9.17, 15) is 5.11 Å². The molecule has 3 rings (SSSR count). The molecule has 0 radical (unpaired) electrons. The summed E-state index contributed by atoms with van der Waals surface area (Å²) in [7, 11) is 0. The van der Waals surface area contributed by atoms with Gasteiger partial charge in [0.2, 0.25) is 5.95 Å². The highest BCUT2D eigenvalue weighted by Gasteiger charge is 2.28. The Bertz CT molecular complexity index is 607. The molecular formula is C14H15BrN4O. The Balaban J connectivity index is 1.92. The molecule has 2 aromatic rings. The van der Waals surface area contributed by atoms with Crippen LogP contribution in [0.1, 0.15) is 30.1 Å². The minimum absolute atomic E-state index is 0.0630. The van der Waals surface area contributed by atoms with E-state index in [0.717, 1.165) is 29.4 Å². The standard InChI is InChI=1S/C14H15BrN4O/c15-11-6-10(7-16-8-11)13-2-1-5-19(13)14-17-4-3-12(9-20)18-14/h3-4,6-8,13,20H,1-2,5,9H2/t13-/m0/s1. The first kappa shape index (κ1) is 13.5. The van der Waals surface area contributed by atoms with Crippen LogP contribution in [0.25, 0.3) is 0 Å². The van der Waals surface area contributed by atoms with Crippen LogP contribution in [0.4, 0.5) is 5.95 Å². The molecule has 0 saturated carbocycles. The summed E-state index contributed by atoms with van der Waals surface area (Å²) in [6.07, 6.45) is 7.53. The number of halogens is 1. The number of aliphatic hydroxyl groups excluding tert-OH is 1. The second-order valence-corrected chi connectivity index (χ2v) is 5.71. The molecule has 1 saturated heterocycles. The molecule has 0 aliphatic carbocycles. The summed E-state index contributed by atoms with van der Waals surface area (Å²) in [4.78, 5) is 15.2. The first-order valence-electron chi connectivity index (χ1n) is 6.58. The number of rotatable bonds is 3. The lowest BCUT2D eigenvalue weighted by Gasteiger charge is -2.25. The van der Waals surface area contributed by atoms with Crippen LogP contribution in [0.15, 0.2) is 35.2 Å². The summed E-state index contributed by atoms with van der Waals surface area (Å²) in [5, 5.41) is 9.20. The number of aromatic nitrogens is 3. The molecular weight excluding hydrogens is 320 g/mol. The number of aliphatic hydroxyl groups is 1. The van der Waals surface area contributed by atoms with E-state index in [0.29, 0.717) is 11.6 Å². The number of hydrogen-bond donors (Lipinski definition) is 1. The van der Waals surface area contributed by atoms with Gasteiger partial charge in [-0.05, 0) is 46.5 Å². The predicted molar refractivity (Wildman–Crippen MR) is 79.2 cm³/mol. The fourth-order valence-corrected chi connectivity index (χ4v) is 2.96. The molecule has 0 unspecified atom stereocenters. The van der Waals surface area contributed by atoms with Gasteiger partial charge in [0.15, 0.2) is 0 Å². The van der Waals surface area contributed by atoms with E-state index in [-0.39, 0.29) is 12.6 Å². The summed E-state index contributed by atoms with van der Waals surface area (Å²) in [5.74, 6) is 0.680. The summed E-state index contributed by atoms with van der Waals surface area (Å²) < 4.78 is 0.979. The average Bonchev–Trinajstić information content (AvgIpc) is 2.97. The van der Waals surface area contributed by atoms with Crippen LogP contribution in [0.2, 0.25) is 0 Å². The first-order valence-corrected chi connectivity index (χ1v) is 7.37. The maximum absolute atomic E-state index is 9.20. The molecule has 2 aromatic heterocycles. The van der Waals surface area contributed by atoms with E-state index >= 15 is 0 Å². The monoisotopic (exact) mass is 334 g/mol. The molecule has 20 heavy (non-hydrogen) atoms. The summed E-state index contributed by atoms with van der Waals surface area (Å²) in [5.41, 5.74) is 1.81. The number of pyridine rings is 1. The first-order chi connectivity index (χ1) is 9.78. The van der Waals surface area contributed by atoms with Gasteiger partial charge in [0.1, 0.15) is 0 Å². The Hall–Kier alpha value is -1.53. The van der Waals surface area contributed by atoms with Gasteiger partial charge in [-0.1, -0.05) is 0 Å². The molecule has 0 spiro atoms. The molecule has 1 fully saturated rings. The molecule has 1 aliphatic rings. The normalized spacial score (nSPS) is 18.5. The van der Waals surface area contributed by atoms with Crippen LogP contribution < -0.4 is 4.90 Å². The van der Waals surface area contributed by atoms with E-state index < -0.39 is 0 Å². The van der Waals surface area contributed by atoms with Crippen molar-refractivity contribution in [3.63, 3.8) is 0 Å². The lowest BCUT2D eigenvalue weighted by Crippen LogP contribution is -2.25. The summed E-state index contributed by atoms with van der Waals surface area (Å²) in [6, 6.07) is 4.06. The van der Waals surface area contributed by atoms with Gasteiger partial charge < -0.3 is 10.0 Å². The van der Waals surface area contributed by atoms with Crippen molar-refractivity contribution >= 4 is 21.9 Å². The van der Waals surface area contributed by atoms with Crippen molar-refractivity contribution in [2.24, 2.45) is 0 Å². The minimum Gasteiger partial charge on any atom is -0.390 e. The number of anilines is 1. The maximum Gasteiger partial charge on any atom is 0.226 e. The fraction of sp³-hybridized carbons (Fsp3) is 0.357. The van der Waals surface area contributed by atoms with Crippen molar-refractivity contribution in [1.29, 1.82) is 0 Å². The SMILES string of the molecule is OCc1ccnc(N2CCC[C@H]2c2cncc(Br)c2)n1. The van der Waals surface area contributed by atoms with E-state index in [2.05, 4.69) is 41.8 Å². The molecule has 1 atom stereocenters. The molecule has 0 bridgehead atoms. The average molecular weight is 335 g/mol. The van der Waals surface area contributed by atoms with Crippen molar-refractivity contribution in [3.8, 4) is 0 Å². The lowest BCUT2D eigenvalue weighted by molar-refractivity contribution is 0.276. The third kappa shape index (κ3) is 2.66. The van der Waals surface area contributed by atoms with Gasteiger partial charge in [0, 0.05) is 29.6 Å². The van der Waals surface area contributed by atoms with Gasteiger partial charge in [-0.3, -0.25) is 4.98 Å². The van der Waals surface area contributed by atoms with Gasteiger partial charge >= 0.3 is 0 Å². The molecule has 0 aromatic carbocycles. The Labute approximate surface area is 125 Å². The lowest BCUT2D eigenvalue weighted by atomic mass is 10.1. The Morgan fingerprint density at radius 3 is 3.10 bits per heavy atom. The largest absolute Gasteiger partial charge is 0.390 e. The van der Waals surface area contributed by atoms with E-state index in [1.54, 1.807) is 18.5 Å².